The van der Waals surface area contributed by atoms with E-state index in [1.54, 1.807) is 36.4 Å². The Labute approximate surface area is 138 Å². The fourth-order valence-corrected chi connectivity index (χ4v) is 2.30. The number of carboxylic acids is 1. The third kappa shape index (κ3) is 3.20. The maximum absolute atomic E-state index is 12.3. The fourth-order valence-electron chi connectivity index (χ4n) is 2.30. The van der Waals surface area contributed by atoms with Gasteiger partial charge in [-0.3, -0.25) is 4.79 Å². The molecule has 5 heteroatoms. The van der Waals surface area contributed by atoms with Crippen LogP contribution in [-0.4, -0.2) is 17.0 Å². The van der Waals surface area contributed by atoms with Gasteiger partial charge in [-0.05, 0) is 42.8 Å². The van der Waals surface area contributed by atoms with Crippen molar-refractivity contribution in [1.82, 2.24) is 0 Å². The number of hydrogen-bond acceptors (Lipinski definition) is 3. The lowest BCUT2D eigenvalue weighted by molar-refractivity contribution is 0.0663. The van der Waals surface area contributed by atoms with Gasteiger partial charge in [-0.25, -0.2) is 4.79 Å². The van der Waals surface area contributed by atoms with Gasteiger partial charge in [0.25, 0.3) is 5.91 Å². The molecule has 1 amide bonds. The number of carbonyl (C=O) groups is 2. The quantitative estimate of drug-likeness (QED) is 0.754. The maximum Gasteiger partial charge on any atom is 0.371 e. The molecule has 120 valence electrons. The van der Waals surface area contributed by atoms with E-state index >= 15 is 0 Å². The number of hydrogen-bond donors (Lipinski definition) is 2. The first-order valence-corrected chi connectivity index (χ1v) is 7.35. The van der Waals surface area contributed by atoms with Crippen molar-refractivity contribution < 1.29 is 19.1 Å². The number of aromatic carboxylic acids is 1. The second kappa shape index (κ2) is 6.42. The third-order valence-electron chi connectivity index (χ3n) is 3.62. The zero-order valence-electron chi connectivity index (χ0n) is 12.9. The highest BCUT2D eigenvalue weighted by Crippen LogP contribution is 2.27. The summed E-state index contributed by atoms with van der Waals surface area (Å²) in [4.78, 5) is 23.2. The van der Waals surface area contributed by atoms with Gasteiger partial charge in [0.2, 0.25) is 5.76 Å². The van der Waals surface area contributed by atoms with Crippen molar-refractivity contribution >= 4 is 17.6 Å². The Morgan fingerprint density at radius 2 is 1.75 bits per heavy atom. The molecule has 0 atom stereocenters. The normalized spacial score (nSPS) is 10.4. The Hall–Kier alpha value is -3.34. The third-order valence-corrected chi connectivity index (χ3v) is 3.62. The summed E-state index contributed by atoms with van der Waals surface area (Å²) < 4.78 is 5.30. The molecule has 1 heterocycles. The average molecular weight is 321 g/mol. The largest absolute Gasteiger partial charge is 0.475 e. The lowest BCUT2D eigenvalue weighted by Gasteiger charge is -2.10. The molecule has 24 heavy (non-hydrogen) atoms. The SMILES string of the molecule is Cc1ccc(-c2ccc(C(=O)O)o2)cc1NC(=O)c1ccccc1. The summed E-state index contributed by atoms with van der Waals surface area (Å²) >= 11 is 0. The molecule has 0 saturated carbocycles. The van der Waals surface area contributed by atoms with Crippen molar-refractivity contribution in [1.29, 1.82) is 0 Å². The number of furan rings is 1. The lowest BCUT2D eigenvalue weighted by Crippen LogP contribution is -2.12. The van der Waals surface area contributed by atoms with Crippen molar-refractivity contribution in [3.8, 4) is 11.3 Å². The summed E-state index contributed by atoms with van der Waals surface area (Å²) in [6.07, 6.45) is 0. The zero-order chi connectivity index (χ0) is 17.1. The van der Waals surface area contributed by atoms with E-state index < -0.39 is 5.97 Å². The van der Waals surface area contributed by atoms with Crippen LogP contribution >= 0.6 is 0 Å². The van der Waals surface area contributed by atoms with E-state index in [9.17, 15) is 9.59 Å². The van der Waals surface area contributed by atoms with Crippen molar-refractivity contribution in [2.45, 2.75) is 6.92 Å². The number of anilines is 1. The van der Waals surface area contributed by atoms with Crippen molar-refractivity contribution in [2.75, 3.05) is 5.32 Å². The molecule has 1 aromatic heterocycles. The van der Waals surface area contributed by atoms with Crippen LogP contribution in [0.1, 0.15) is 26.5 Å². The maximum atomic E-state index is 12.3. The minimum atomic E-state index is -1.12. The monoisotopic (exact) mass is 321 g/mol. The number of nitrogens with one attached hydrogen (secondary N) is 1. The topological polar surface area (TPSA) is 79.5 Å². The van der Waals surface area contributed by atoms with Gasteiger partial charge >= 0.3 is 5.97 Å². The van der Waals surface area contributed by atoms with Crippen LogP contribution in [0.15, 0.2) is 65.1 Å². The summed E-state index contributed by atoms with van der Waals surface area (Å²) in [6, 6.07) is 17.3. The van der Waals surface area contributed by atoms with E-state index in [2.05, 4.69) is 5.32 Å². The molecule has 0 spiro atoms. The van der Waals surface area contributed by atoms with Gasteiger partial charge in [0.15, 0.2) is 0 Å². The number of aryl methyl sites for hydroxylation is 1. The van der Waals surface area contributed by atoms with E-state index in [1.165, 1.54) is 6.07 Å². The Balaban J connectivity index is 1.88. The van der Waals surface area contributed by atoms with E-state index in [0.29, 0.717) is 22.6 Å². The summed E-state index contributed by atoms with van der Waals surface area (Å²) in [6.45, 7) is 1.88. The number of carboxylic acid groups (broad SMARTS) is 1. The van der Waals surface area contributed by atoms with Crippen LogP contribution in [-0.2, 0) is 0 Å². The van der Waals surface area contributed by atoms with Gasteiger partial charge in [0.1, 0.15) is 5.76 Å². The molecular formula is C19H15NO4. The first kappa shape index (κ1) is 15.6. The molecule has 3 rings (SSSR count). The first-order chi connectivity index (χ1) is 11.5. The number of amides is 1. The number of carbonyl (C=O) groups excluding carboxylic acids is 1. The predicted octanol–water partition coefficient (Wildman–Crippen LogP) is 4.21. The standard InChI is InChI=1S/C19H15NO4/c1-12-7-8-14(16-9-10-17(24-16)19(22)23)11-15(12)20-18(21)13-5-3-2-4-6-13/h2-11H,1H3,(H,20,21)(H,22,23). The van der Waals surface area contributed by atoms with E-state index in [-0.39, 0.29) is 11.7 Å². The molecule has 0 radical (unpaired) electrons. The summed E-state index contributed by atoms with van der Waals surface area (Å²) in [5.74, 6) is -1.02. The van der Waals surface area contributed by atoms with Gasteiger partial charge in [-0.2, -0.15) is 0 Å². The fraction of sp³-hybridized carbons (Fsp3) is 0.0526. The van der Waals surface area contributed by atoms with Gasteiger partial charge < -0.3 is 14.8 Å². The van der Waals surface area contributed by atoms with Gasteiger partial charge in [-0.1, -0.05) is 30.3 Å². The molecule has 0 unspecified atom stereocenters. The first-order valence-electron chi connectivity index (χ1n) is 7.35. The second-order valence-corrected chi connectivity index (χ2v) is 5.32. The Kier molecular flexibility index (Phi) is 4.16. The highest BCUT2D eigenvalue weighted by atomic mass is 16.4. The molecule has 0 aliphatic heterocycles. The Bertz CT molecular complexity index is 897. The zero-order valence-corrected chi connectivity index (χ0v) is 12.9. The van der Waals surface area contributed by atoms with E-state index in [1.807, 2.05) is 25.1 Å². The Morgan fingerprint density at radius 3 is 2.42 bits per heavy atom. The highest BCUT2D eigenvalue weighted by molar-refractivity contribution is 6.04. The summed E-state index contributed by atoms with van der Waals surface area (Å²) in [7, 11) is 0. The van der Waals surface area contributed by atoms with Crippen molar-refractivity contribution in [3.63, 3.8) is 0 Å². The molecule has 3 aromatic rings. The molecule has 2 N–H and O–H groups in total. The summed E-state index contributed by atoms with van der Waals surface area (Å²) in [5.41, 5.74) is 2.80. The van der Waals surface area contributed by atoms with Gasteiger partial charge in [0.05, 0.1) is 0 Å². The number of benzene rings is 2. The van der Waals surface area contributed by atoms with Gasteiger partial charge in [-0.15, -0.1) is 0 Å². The van der Waals surface area contributed by atoms with E-state index in [4.69, 9.17) is 9.52 Å². The summed E-state index contributed by atoms with van der Waals surface area (Å²) in [5, 5.41) is 11.8. The smallest absolute Gasteiger partial charge is 0.371 e. The average Bonchev–Trinajstić information content (AvgIpc) is 3.08. The molecule has 0 aliphatic carbocycles. The molecule has 0 aliphatic rings. The van der Waals surface area contributed by atoms with Crippen LogP contribution < -0.4 is 5.32 Å². The molecule has 0 fully saturated rings. The van der Waals surface area contributed by atoms with Crippen LogP contribution in [0, 0.1) is 6.92 Å². The molecule has 2 aromatic carbocycles. The van der Waals surface area contributed by atoms with Crippen molar-refractivity contribution in [3.05, 3.63) is 77.6 Å². The van der Waals surface area contributed by atoms with Crippen molar-refractivity contribution in [2.24, 2.45) is 0 Å². The molecule has 0 bridgehead atoms. The Morgan fingerprint density at radius 1 is 1.00 bits per heavy atom. The highest BCUT2D eigenvalue weighted by Gasteiger charge is 2.13. The van der Waals surface area contributed by atoms with Gasteiger partial charge in [0, 0.05) is 16.8 Å². The lowest BCUT2D eigenvalue weighted by atomic mass is 10.1. The second-order valence-electron chi connectivity index (χ2n) is 5.32. The van der Waals surface area contributed by atoms with E-state index in [0.717, 1.165) is 5.56 Å². The molecule has 5 nitrogen and oxygen atoms in total. The molecule has 0 saturated heterocycles. The minimum absolute atomic E-state index is 0.125. The van der Waals surface area contributed by atoms with Crippen LogP contribution in [0.4, 0.5) is 5.69 Å². The molecular weight excluding hydrogens is 306 g/mol. The van der Waals surface area contributed by atoms with Crippen LogP contribution in [0.2, 0.25) is 0 Å². The minimum Gasteiger partial charge on any atom is -0.475 e. The number of rotatable bonds is 4. The predicted molar refractivity (Wildman–Crippen MR) is 90.2 cm³/mol. The van der Waals surface area contributed by atoms with Crippen LogP contribution in [0.5, 0.6) is 0 Å². The van der Waals surface area contributed by atoms with Crippen LogP contribution in [0.25, 0.3) is 11.3 Å². The van der Waals surface area contributed by atoms with Crippen LogP contribution in [0.3, 0.4) is 0 Å².